The van der Waals surface area contributed by atoms with Gasteiger partial charge in [-0.2, -0.15) is 0 Å². The molecule has 0 radical (unpaired) electrons. The third-order valence-corrected chi connectivity index (χ3v) is 14.4. The zero-order valence-electron chi connectivity index (χ0n) is 39.5. The minimum absolute atomic E-state index is 0.196. The number of esters is 2. The van der Waals surface area contributed by atoms with Crippen LogP contribution in [-0.4, -0.2) is 72.2 Å². The molecule has 10 nitrogen and oxygen atoms in total. The summed E-state index contributed by atoms with van der Waals surface area (Å²) < 4.78 is 10.5. The number of amides is 4. The maximum atomic E-state index is 15.0. The van der Waals surface area contributed by atoms with Crippen LogP contribution in [-0.2, 0) is 36.7 Å². The molecule has 0 aliphatic carbocycles. The number of hydrogen-bond acceptors (Lipinski definition) is 10. The monoisotopic (exact) mass is 926 g/mol. The first-order chi connectivity index (χ1) is 31.6. The summed E-state index contributed by atoms with van der Waals surface area (Å²) in [5.74, 6) is -1.70. The van der Waals surface area contributed by atoms with Crippen LogP contribution in [0, 0.1) is 6.92 Å². The van der Waals surface area contributed by atoms with Crippen LogP contribution in [0.15, 0.2) is 35.0 Å². The van der Waals surface area contributed by atoms with Gasteiger partial charge in [0, 0.05) is 57.8 Å². The molecule has 352 valence electrons. The van der Waals surface area contributed by atoms with Gasteiger partial charge in [0.25, 0.3) is 17.7 Å². The molecule has 4 aromatic rings. The zero-order valence-corrected chi connectivity index (χ0v) is 41.1. The fourth-order valence-electron chi connectivity index (χ4n) is 8.59. The van der Waals surface area contributed by atoms with Crippen LogP contribution in [0.25, 0.3) is 31.7 Å². The van der Waals surface area contributed by atoms with Crippen molar-refractivity contribution in [1.82, 2.24) is 9.80 Å². The number of hydrogen-bond donors (Lipinski definition) is 0. The van der Waals surface area contributed by atoms with Crippen LogP contribution >= 0.6 is 22.7 Å². The summed E-state index contributed by atoms with van der Waals surface area (Å²) in [7, 11) is 0. The first kappa shape index (κ1) is 51.3. The van der Waals surface area contributed by atoms with Gasteiger partial charge in [0.1, 0.15) is 0 Å². The molecular weight excluding hydrogens is 857 g/mol. The van der Waals surface area contributed by atoms with Crippen molar-refractivity contribution in [2.24, 2.45) is 0 Å². The molecule has 0 fully saturated rings. The average Bonchev–Trinajstić information content (AvgIpc) is 4.00. The highest BCUT2D eigenvalue weighted by Crippen LogP contribution is 2.46. The molecular formula is C53H70N2O8S2. The first-order valence-corrected chi connectivity index (χ1v) is 26.1. The van der Waals surface area contributed by atoms with Gasteiger partial charge in [-0.3, -0.25) is 38.6 Å². The number of imide groups is 2. The predicted molar refractivity (Wildman–Crippen MR) is 263 cm³/mol. The second-order valence-corrected chi connectivity index (χ2v) is 19.1. The summed E-state index contributed by atoms with van der Waals surface area (Å²) in [5, 5.41) is 5.30. The van der Waals surface area contributed by atoms with Crippen LogP contribution in [0.1, 0.15) is 191 Å². The van der Waals surface area contributed by atoms with E-state index in [1.807, 2.05) is 19.1 Å². The Morgan fingerprint density at radius 1 is 0.615 bits per heavy atom. The van der Waals surface area contributed by atoms with E-state index in [9.17, 15) is 28.8 Å². The van der Waals surface area contributed by atoms with Gasteiger partial charge in [0.15, 0.2) is 0 Å². The van der Waals surface area contributed by atoms with Crippen LogP contribution in [0.5, 0.6) is 0 Å². The van der Waals surface area contributed by atoms with Gasteiger partial charge in [-0.15, -0.1) is 22.7 Å². The highest BCUT2D eigenvalue weighted by atomic mass is 32.1. The molecule has 0 spiro atoms. The Balaban J connectivity index is 1.59. The number of ether oxygens (including phenoxy) is 2. The number of unbranched alkanes of at least 4 members (excludes halogenated alkanes) is 12. The molecule has 4 amide bonds. The van der Waals surface area contributed by atoms with E-state index in [1.54, 1.807) is 25.2 Å². The number of aryl methyl sites for hydroxylation is 3. The quantitative estimate of drug-likeness (QED) is 0.0219. The molecule has 0 saturated heterocycles. The molecule has 1 aliphatic rings. The van der Waals surface area contributed by atoms with E-state index in [0.29, 0.717) is 91.2 Å². The largest absolute Gasteiger partial charge is 0.466 e. The van der Waals surface area contributed by atoms with Crippen molar-refractivity contribution in [3.05, 3.63) is 68.4 Å². The second kappa shape index (κ2) is 26.5. The van der Waals surface area contributed by atoms with Gasteiger partial charge in [-0.1, -0.05) is 79.1 Å². The maximum absolute atomic E-state index is 15.0. The summed E-state index contributed by atoms with van der Waals surface area (Å²) in [6.45, 7) is 11.0. The fraction of sp³-hybridized carbons (Fsp3) is 0.547. The zero-order chi connectivity index (χ0) is 46.7. The molecule has 12 heteroatoms. The van der Waals surface area contributed by atoms with Gasteiger partial charge in [-0.05, 0) is 134 Å². The lowest BCUT2D eigenvalue weighted by Gasteiger charge is -2.31. The Morgan fingerprint density at radius 3 is 1.71 bits per heavy atom. The van der Waals surface area contributed by atoms with Crippen LogP contribution < -0.4 is 0 Å². The standard InChI is InChI=1S/C53H70N2O8S2/c1-6-10-12-18-24-38-30-44(64-34-38)40-32-43-49-48(37(40)5)42(51(59)54(36-56)26-20-14-16-22-28-62-46(57)8-3)33-41(45-31-39(35-65-45)25-19-13-11-7-2)50(49)53(61)55(52(43)60)27-21-15-17-23-29-63-47(58)9-4/h30-36H,6-29H2,1-5H3. The summed E-state index contributed by atoms with van der Waals surface area (Å²) in [6.07, 6.45) is 17.8. The second-order valence-electron chi connectivity index (χ2n) is 17.3. The normalized spacial score (nSPS) is 12.3. The van der Waals surface area contributed by atoms with Crippen molar-refractivity contribution < 1.29 is 38.2 Å². The first-order valence-electron chi connectivity index (χ1n) is 24.3. The molecule has 0 N–H and O–H groups in total. The van der Waals surface area contributed by atoms with Crippen LogP contribution in [0.2, 0.25) is 0 Å². The van der Waals surface area contributed by atoms with Crippen molar-refractivity contribution in [2.75, 3.05) is 26.3 Å². The van der Waals surface area contributed by atoms with E-state index >= 15 is 0 Å². The lowest BCUT2D eigenvalue weighted by Crippen LogP contribution is -2.41. The van der Waals surface area contributed by atoms with E-state index in [1.165, 1.54) is 39.5 Å². The molecule has 1 aliphatic heterocycles. The number of rotatable bonds is 30. The Morgan fingerprint density at radius 2 is 1.15 bits per heavy atom. The Kier molecular flexibility index (Phi) is 20.9. The Labute approximate surface area is 394 Å². The van der Waals surface area contributed by atoms with E-state index in [2.05, 4.69) is 36.7 Å². The SMILES string of the molecule is CCCCCCc1csc(-c2cc3c4c(c(-c5cc(CCCCCC)cs5)cc(C(=O)N(C=O)CCCCCCOC(=O)CC)c4c2C)C(=O)N(CCCCCCOC(=O)CC)C3=O)c1. The fourth-order valence-corrected chi connectivity index (χ4v) is 10.6. The van der Waals surface area contributed by atoms with Crippen molar-refractivity contribution >= 4 is 69.5 Å². The molecule has 5 rings (SSSR count). The van der Waals surface area contributed by atoms with Gasteiger partial charge >= 0.3 is 11.9 Å². The summed E-state index contributed by atoms with van der Waals surface area (Å²) >= 11 is 3.15. The van der Waals surface area contributed by atoms with Gasteiger partial charge in [-0.25, -0.2) is 0 Å². The lowest BCUT2D eigenvalue weighted by atomic mass is 9.82. The van der Waals surface area contributed by atoms with Gasteiger partial charge in [0.2, 0.25) is 6.41 Å². The number of carbonyl (C=O) groups is 6. The van der Waals surface area contributed by atoms with Crippen molar-refractivity contribution in [3.8, 4) is 20.9 Å². The Bertz CT molecular complexity index is 2260. The van der Waals surface area contributed by atoms with Gasteiger partial charge < -0.3 is 9.47 Å². The Hall–Kier alpha value is -4.68. The number of carbonyl (C=O) groups excluding carboxylic acids is 6. The van der Waals surface area contributed by atoms with Crippen molar-refractivity contribution in [1.29, 1.82) is 0 Å². The topological polar surface area (TPSA) is 127 Å². The third kappa shape index (κ3) is 13.7. The smallest absolute Gasteiger partial charge is 0.305 e. The van der Waals surface area contributed by atoms with E-state index in [-0.39, 0.29) is 30.9 Å². The van der Waals surface area contributed by atoms with Crippen LogP contribution in [0.4, 0.5) is 0 Å². The number of benzene rings is 2. The summed E-state index contributed by atoms with van der Waals surface area (Å²) in [5.41, 5.74) is 5.70. The molecule has 65 heavy (non-hydrogen) atoms. The van der Waals surface area contributed by atoms with Gasteiger partial charge in [0.05, 0.1) is 18.8 Å². The molecule has 2 aromatic carbocycles. The number of thiophene rings is 2. The highest BCUT2D eigenvalue weighted by molar-refractivity contribution is 7.14. The molecule has 0 unspecified atom stereocenters. The highest BCUT2D eigenvalue weighted by Gasteiger charge is 2.38. The number of nitrogens with zero attached hydrogens (tertiary/aromatic N) is 2. The third-order valence-electron chi connectivity index (χ3n) is 12.4. The minimum Gasteiger partial charge on any atom is -0.466 e. The van der Waals surface area contributed by atoms with E-state index in [4.69, 9.17) is 9.47 Å². The lowest BCUT2D eigenvalue weighted by molar-refractivity contribution is -0.144. The summed E-state index contributed by atoms with van der Waals surface area (Å²) in [6, 6.07) is 8.05. The maximum Gasteiger partial charge on any atom is 0.305 e. The molecule has 0 atom stereocenters. The van der Waals surface area contributed by atoms with Crippen LogP contribution in [0.3, 0.4) is 0 Å². The molecule has 0 bridgehead atoms. The van der Waals surface area contributed by atoms with Crippen molar-refractivity contribution in [2.45, 2.75) is 163 Å². The van der Waals surface area contributed by atoms with E-state index in [0.717, 1.165) is 103 Å². The molecule has 2 aromatic heterocycles. The molecule has 3 heterocycles. The van der Waals surface area contributed by atoms with E-state index < -0.39 is 11.8 Å². The minimum atomic E-state index is -0.470. The summed E-state index contributed by atoms with van der Waals surface area (Å²) in [4.78, 5) is 85.2. The average molecular weight is 927 g/mol. The molecule has 0 saturated carbocycles. The predicted octanol–water partition coefficient (Wildman–Crippen LogP) is 13.1. The van der Waals surface area contributed by atoms with Crippen molar-refractivity contribution in [3.63, 3.8) is 0 Å².